The third-order valence-electron chi connectivity index (χ3n) is 11.2. The molecular weight excluding hydrogens is 711 g/mol. The van der Waals surface area contributed by atoms with Crippen molar-refractivity contribution in [3.05, 3.63) is 249 Å². The van der Waals surface area contributed by atoms with Crippen molar-refractivity contribution < 1.29 is 0 Å². The summed E-state index contributed by atoms with van der Waals surface area (Å²) >= 11 is 0. The summed E-state index contributed by atoms with van der Waals surface area (Å²) in [6, 6.07) is 89.8. The SMILES string of the molecule is c1ccc(-c2ccc(N(c3ccc(-c4cc(-c5ccccc5)cc(-c5ccccc5)c4)cc3)c3cccc(-c4cccc(-c5cccc6ccccc56)c4)c3)cc2)cc1. The van der Waals surface area contributed by atoms with Crippen molar-refractivity contribution in [1.29, 1.82) is 0 Å². The van der Waals surface area contributed by atoms with Gasteiger partial charge in [-0.25, -0.2) is 0 Å². The zero-order valence-corrected chi connectivity index (χ0v) is 32.6. The summed E-state index contributed by atoms with van der Waals surface area (Å²) in [5.41, 5.74) is 17.6. The molecule has 1 nitrogen and oxygen atoms in total. The van der Waals surface area contributed by atoms with Gasteiger partial charge in [0.25, 0.3) is 0 Å². The van der Waals surface area contributed by atoms with E-state index in [1.807, 2.05) is 0 Å². The molecule has 0 heterocycles. The summed E-state index contributed by atoms with van der Waals surface area (Å²) in [5, 5.41) is 2.51. The fourth-order valence-corrected chi connectivity index (χ4v) is 8.24. The lowest BCUT2D eigenvalue weighted by Crippen LogP contribution is -2.10. The van der Waals surface area contributed by atoms with Crippen LogP contribution in [0.1, 0.15) is 0 Å². The molecule has 59 heavy (non-hydrogen) atoms. The van der Waals surface area contributed by atoms with Crippen LogP contribution in [0.2, 0.25) is 0 Å². The summed E-state index contributed by atoms with van der Waals surface area (Å²) in [4.78, 5) is 2.37. The summed E-state index contributed by atoms with van der Waals surface area (Å²) in [6.45, 7) is 0. The van der Waals surface area contributed by atoms with Gasteiger partial charge in [-0.3, -0.25) is 0 Å². The largest absolute Gasteiger partial charge is 0.310 e. The Morgan fingerprint density at radius 3 is 1.15 bits per heavy atom. The van der Waals surface area contributed by atoms with Crippen LogP contribution in [0.4, 0.5) is 17.1 Å². The molecule has 0 fully saturated rings. The van der Waals surface area contributed by atoms with Crippen LogP contribution in [0, 0.1) is 0 Å². The number of anilines is 3. The normalized spacial score (nSPS) is 11.1. The van der Waals surface area contributed by atoms with Gasteiger partial charge in [0.15, 0.2) is 0 Å². The molecule has 10 rings (SSSR count). The molecule has 0 unspecified atom stereocenters. The summed E-state index contributed by atoms with van der Waals surface area (Å²) < 4.78 is 0. The Bertz CT molecular complexity index is 2940. The fraction of sp³-hybridized carbons (Fsp3) is 0. The first-order valence-corrected chi connectivity index (χ1v) is 20.2. The van der Waals surface area contributed by atoms with E-state index < -0.39 is 0 Å². The Morgan fingerprint density at radius 1 is 0.203 bits per heavy atom. The number of rotatable bonds is 9. The zero-order chi connectivity index (χ0) is 39.4. The quantitative estimate of drug-likeness (QED) is 0.142. The minimum Gasteiger partial charge on any atom is -0.310 e. The van der Waals surface area contributed by atoms with E-state index in [1.165, 1.54) is 77.5 Å². The van der Waals surface area contributed by atoms with E-state index in [4.69, 9.17) is 0 Å². The van der Waals surface area contributed by atoms with Gasteiger partial charge in [0.05, 0.1) is 0 Å². The molecule has 0 amide bonds. The molecule has 0 saturated carbocycles. The van der Waals surface area contributed by atoms with E-state index >= 15 is 0 Å². The molecule has 0 spiro atoms. The topological polar surface area (TPSA) is 3.24 Å². The second-order valence-corrected chi connectivity index (χ2v) is 15.0. The molecule has 0 aliphatic heterocycles. The zero-order valence-electron chi connectivity index (χ0n) is 32.6. The van der Waals surface area contributed by atoms with Crippen molar-refractivity contribution in [2.75, 3.05) is 4.90 Å². The monoisotopic (exact) mass is 751 g/mol. The Hall–Kier alpha value is -7.74. The predicted molar refractivity (Wildman–Crippen MR) is 251 cm³/mol. The summed E-state index contributed by atoms with van der Waals surface area (Å²) in [7, 11) is 0. The molecule has 278 valence electrons. The molecule has 10 aromatic carbocycles. The van der Waals surface area contributed by atoms with Crippen LogP contribution in [0.25, 0.3) is 77.5 Å². The van der Waals surface area contributed by atoms with Crippen LogP contribution in [0.15, 0.2) is 249 Å². The van der Waals surface area contributed by atoms with Crippen LogP contribution in [0.5, 0.6) is 0 Å². The maximum atomic E-state index is 2.37. The lowest BCUT2D eigenvalue weighted by Gasteiger charge is -2.26. The van der Waals surface area contributed by atoms with Gasteiger partial charge in [-0.1, -0.05) is 188 Å². The van der Waals surface area contributed by atoms with Crippen LogP contribution in [0.3, 0.4) is 0 Å². The highest BCUT2D eigenvalue weighted by atomic mass is 15.1. The van der Waals surface area contributed by atoms with Crippen LogP contribution >= 0.6 is 0 Å². The molecule has 0 aliphatic carbocycles. The van der Waals surface area contributed by atoms with Gasteiger partial charge in [-0.15, -0.1) is 0 Å². The Balaban J connectivity index is 1.05. The first-order chi connectivity index (χ1) is 29.2. The number of benzene rings is 10. The molecule has 1 heteroatoms. The summed E-state index contributed by atoms with van der Waals surface area (Å²) in [5.74, 6) is 0. The van der Waals surface area contributed by atoms with Gasteiger partial charge in [0.1, 0.15) is 0 Å². The minimum absolute atomic E-state index is 1.09. The fourth-order valence-electron chi connectivity index (χ4n) is 8.24. The van der Waals surface area contributed by atoms with Gasteiger partial charge in [0.2, 0.25) is 0 Å². The lowest BCUT2D eigenvalue weighted by atomic mass is 9.93. The first kappa shape index (κ1) is 35.7. The summed E-state index contributed by atoms with van der Waals surface area (Å²) in [6.07, 6.45) is 0. The van der Waals surface area contributed by atoms with Gasteiger partial charge < -0.3 is 4.90 Å². The molecule has 0 N–H and O–H groups in total. The molecule has 0 radical (unpaired) electrons. The number of nitrogens with zero attached hydrogens (tertiary/aromatic N) is 1. The molecule has 0 bridgehead atoms. The molecular formula is C58H41N. The van der Waals surface area contributed by atoms with Crippen molar-refractivity contribution in [2.45, 2.75) is 0 Å². The second-order valence-electron chi connectivity index (χ2n) is 15.0. The molecule has 0 atom stereocenters. The van der Waals surface area contributed by atoms with E-state index in [0.29, 0.717) is 0 Å². The highest BCUT2D eigenvalue weighted by Crippen LogP contribution is 2.40. The standard InChI is InChI=1S/C58H41N/c1-4-15-42(16-5-1)45-29-33-54(34-30-45)59(56-26-13-24-49(41-56)48-23-12-25-50(37-48)58-28-14-22-47-21-10-11-27-57(47)58)55-35-31-46(32-36-55)53-39-51(43-17-6-2-7-18-43)38-52(40-53)44-19-8-3-9-20-44/h1-41H. The van der Waals surface area contributed by atoms with Gasteiger partial charge >= 0.3 is 0 Å². The maximum absolute atomic E-state index is 2.37. The third kappa shape index (κ3) is 7.46. The van der Waals surface area contributed by atoms with Crippen LogP contribution in [-0.4, -0.2) is 0 Å². The first-order valence-electron chi connectivity index (χ1n) is 20.2. The number of fused-ring (bicyclic) bond motifs is 1. The third-order valence-corrected chi connectivity index (χ3v) is 11.2. The molecule has 10 aromatic rings. The molecule has 0 aromatic heterocycles. The number of hydrogen-bond donors (Lipinski definition) is 0. The Morgan fingerprint density at radius 2 is 0.576 bits per heavy atom. The van der Waals surface area contributed by atoms with Gasteiger partial charge in [0, 0.05) is 17.1 Å². The van der Waals surface area contributed by atoms with E-state index in [-0.39, 0.29) is 0 Å². The Kier molecular flexibility index (Phi) is 9.68. The van der Waals surface area contributed by atoms with Crippen molar-refractivity contribution in [1.82, 2.24) is 0 Å². The van der Waals surface area contributed by atoms with E-state index in [0.717, 1.165) is 17.1 Å². The van der Waals surface area contributed by atoms with Crippen LogP contribution in [-0.2, 0) is 0 Å². The van der Waals surface area contributed by atoms with Crippen molar-refractivity contribution in [2.24, 2.45) is 0 Å². The Labute approximate surface area is 346 Å². The lowest BCUT2D eigenvalue weighted by molar-refractivity contribution is 1.28. The highest BCUT2D eigenvalue weighted by molar-refractivity contribution is 5.97. The maximum Gasteiger partial charge on any atom is 0.0467 e. The second kappa shape index (κ2) is 16.0. The van der Waals surface area contributed by atoms with E-state index in [9.17, 15) is 0 Å². The molecule has 0 saturated heterocycles. The van der Waals surface area contributed by atoms with Gasteiger partial charge in [-0.2, -0.15) is 0 Å². The predicted octanol–water partition coefficient (Wildman–Crippen LogP) is 16.3. The molecule has 0 aliphatic rings. The number of hydrogen-bond acceptors (Lipinski definition) is 1. The van der Waals surface area contributed by atoms with Gasteiger partial charge in [-0.05, 0) is 138 Å². The highest BCUT2D eigenvalue weighted by Gasteiger charge is 2.16. The van der Waals surface area contributed by atoms with Crippen molar-refractivity contribution >= 4 is 27.8 Å². The van der Waals surface area contributed by atoms with E-state index in [2.05, 4.69) is 254 Å². The van der Waals surface area contributed by atoms with Crippen molar-refractivity contribution in [3.8, 4) is 66.8 Å². The average molecular weight is 752 g/mol. The van der Waals surface area contributed by atoms with E-state index in [1.54, 1.807) is 0 Å². The van der Waals surface area contributed by atoms with Crippen LogP contribution < -0.4 is 4.90 Å². The average Bonchev–Trinajstić information content (AvgIpc) is 3.33. The smallest absolute Gasteiger partial charge is 0.0467 e. The van der Waals surface area contributed by atoms with Crippen molar-refractivity contribution in [3.63, 3.8) is 0 Å². The minimum atomic E-state index is 1.09.